The van der Waals surface area contributed by atoms with E-state index in [1.807, 2.05) is 48.5 Å². The molecule has 4 heteroatoms. The van der Waals surface area contributed by atoms with E-state index < -0.39 is 5.60 Å². The molecule has 1 aliphatic rings. The highest BCUT2D eigenvalue weighted by Gasteiger charge is 2.39. The van der Waals surface area contributed by atoms with Crippen LogP contribution in [0.4, 0.5) is 5.69 Å². The smallest absolute Gasteiger partial charge is 0.149 e. The van der Waals surface area contributed by atoms with Gasteiger partial charge in [-0.3, -0.25) is 0 Å². The Morgan fingerprint density at radius 3 is 2.64 bits per heavy atom. The van der Waals surface area contributed by atoms with Crippen LogP contribution in [0.1, 0.15) is 11.1 Å². The van der Waals surface area contributed by atoms with Crippen LogP contribution in [0.25, 0.3) is 10.8 Å². The highest BCUT2D eigenvalue weighted by Crippen LogP contribution is 2.47. The maximum absolute atomic E-state index is 11.3. The average Bonchev–Trinajstić information content (AvgIpc) is 2.54. The summed E-state index contributed by atoms with van der Waals surface area (Å²) >= 11 is 6.27. The molecule has 1 atom stereocenters. The topological polar surface area (TPSA) is 55.5 Å². The van der Waals surface area contributed by atoms with E-state index in [9.17, 15) is 5.11 Å². The van der Waals surface area contributed by atoms with E-state index in [1.165, 1.54) is 0 Å². The predicted molar refractivity (Wildman–Crippen MR) is 88.3 cm³/mol. The second-order valence-electron chi connectivity index (χ2n) is 5.52. The summed E-state index contributed by atoms with van der Waals surface area (Å²) in [6, 6.07) is 16.9. The van der Waals surface area contributed by atoms with Crippen molar-refractivity contribution in [3.05, 3.63) is 70.7 Å². The fourth-order valence-electron chi connectivity index (χ4n) is 3.13. The zero-order chi connectivity index (χ0) is 15.3. The van der Waals surface area contributed by atoms with Gasteiger partial charge in [0, 0.05) is 22.0 Å². The number of nitrogens with two attached hydrogens (primary N) is 1. The molecule has 3 nitrogen and oxygen atoms in total. The minimum Gasteiger partial charge on any atom is -0.488 e. The van der Waals surface area contributed by atoms with Gasteiger partial charge in [-0.05, 0) is 11.6 Å². The molecule has 0 radical (unpaired) electrons. The zero-order valence-corrected chi connectivity index (χ0v) is 12.5. The molecule has 3 aromatic carbocycles. The molecule has 0 fully saturated rings. The first kappa shape index (κ1) is 13.4. The van der Waals surface area contributed by atoms with Crippen molar-refractivity contribution < 1.29 is 9.84 Å². The van der Waals surface area contributed by atoms with Crippen molar-refractivity contribution in [3.8, 4) is 5.75 Å². The van der Waals surface area contributed by atoms with E-state index in [-0.39, 0.29) is 6.61 Å². The van der Waals surface area contributed by atoms with Gasteiger partial charge in [-0.15, -0.1) is 0 Å². The van der Waals surface area contributed by atoms with Crippen LogP contribution in [0, 0.1) is 0 Å². The number of hydrogen-bond acceptors (Lipinski definition) is 3. The maximum atomic E-state index is 11.3. The molecule has 0 bridgehead atoms. The third kappa shape index (κ3) is 1.73. The number of ether oxygens (including phenoxy) is 1. The average molecular weight is 312 g/mol. The van der Waals surface area contributed by atoms with Crippen molar-refractivity contribution in [1.29, 1.82) is 0 Å². The van der Waals surface area contributed by atoms with Crippen LogP contribution >= 0.6 is 11.6 Å². The standard InChI is InChI=1S/C18H14ClNO2/c19-14-9-15(20)12-7-4-8-13-16(12)17(14)22-10-18(13,21)11-5-2-1-3-6-11/h1-9,21H,10,20H2. The van der Waals surface area contributed by atoms with E-state index in [0.29, 0.717) is 16.5 Å². The Hall–Kier alpha value is -2.23. The summed E-state index contributed by atoms with van der Waals surface area (Å²) in [6.07, 6.45) is 0. The van der Waals surface area contributed by atoms with Crippen LogP contribution in [0.3, 0.4) is 0 Å². The molecule has 0 saturated heterocycles. The van der Waals surface area contributed by atoms with Gasteiger partial charge in [-0.2, -0.15) is 0 Å². The molecule has 22 heavy (non-hydrogen) atoms. The normalized spacial score (nSPS) is 19.9. The molecule has 1 heterocycles. The van der Waals surface area contributed by atoms with E-state index in [1.54, 1.807) is 6.07 Å². The predicted octanol–water partition coefficient (Wildman–Crippen LogP) is 3.70. The van der Waals surface area contributed by atoms with Gasteiger partial charge in [0.05, 0.1) is 5.02 Å². The molecule has 0 aromatic heterocycles. The lowest BCUT2D eigenvalue weighted by atomic mass is 9.82. The van der Waals surface area contributed by atoms with Gasteiger partial charge in [0.1, 0.15) is 18.0 Å². The van der Waals surface area contributed by atoms with Crippen LogP contribution in [0.15, 0.2) is 54.6 Å². The van der Waals surface area contributed by atoms with Crippen LogP contribution in [-0.2, 0) is 5.60 Å². The van der Waals surface area contributed by atoms with Crippen molar-refractivity contribution in [3.63, 3.8) is 0 Å². The summed E-state index contributed by atoms with van der Waals surface area (Å²) in [5, 5.41) is 13.4. The summed E-state index contributed by atoms with van der Waals surface area (Å²) in [7, 11) is 0. The lowest BCUT2D eigenvalue weighted by molar-refractivity contribution is 0.0236. The van der Waals surface area contributed by atoms with Crippen LogP contribution in [0.5, 0.6) is 5.75 Å². The number of benzene rings is 3. The van der Waals surface area contributed by atoms with Gasteiger partial charge >= 0.3 is 0 Å². The Balaban J connectivity index is 2.09. The van der Waals surface area contributed by atoms with Crippen LogP contribution < -0.4 is 10.5 Å². The van der Waals surface area contributed by atoms with E-state index in [2.05, 4.69) is 0 Å². The van der Waals surface area contributed by atoms with Gasteiger partial charge in [0.2, 0.25) is 0 Å². The lowest BCUT2D eigenvalue weighted by Gasteiger charge is -2.35. The quantitative estimate of drug-likeness (QED) is 0.674. The van der Waals surface area contributed by atoms with Crippen molar-refractivity contribution in [1.82, 2.24) is 0 Å². The molecular weight excluding hydrogens is 298 g/mol. The largest absolute Gasteiger partial charge is 0.488 e. The molecular formula is C18H14ClNO2. The second-order valence-corrected chi connectivity index (χ2v) is 5.93. The van der Waals surface area contributed by atoms with Crippen LogP contribution in [-0.4, -0.2) is 11.7 Å². The van der Waals surface area contributed by atoms with Crippen molar-refractivity contribution >= 4 is 28.1 Å². The van der Waals surface area contributed by atoms with Gasteiger partial charge in [-0.1, -0.05) is 60.1 Å². The highest BCUT2D eigenvalue weighted by molar-refractivity contribution is 6.34. The van der Waals surface area contributed by atoms with Gasteiger partial charge in [-0.25, -0.2) is 0 Å². The summed E-state index contributed by atoms with van der Waals surface area (Å²) in [5.74, 6) is 0.585. The Bertz CT molecular complexity index is 879. The SMILES string of the molecule is Nc1cc(Cl)c2c3c(cccc13)C(O)(c1ccccc1)CO2. The summed E-state index contributed by atoms with van der Waals surface area (Å²) in [4.78, 5) is 0. The van der Waals surface area contributed by atoms with Gasteiger partial charge in [0.25, 0.3) is 0 Å². The molecule has 0 amide bonds. The Morgan fingerprint density at radius 1 is 1.09 bits per heavy atom. The minimum absolute atomic E-state index is 0.118. The van der Waals surface area contributed by atoms with Gasteiger partial charge < -0.3 is 15.6 Å². The molecule has 110 valence electrons. The minimum atomic E-state index is -1.22. The molecule has 0 spiro atoms. The van der Waals surface area contributed by atoms with Crippen molar-refractivity contribution in [2.24, 2.45) is 0 Å². The second kappa shape index (κ2) is 4.63. The molecule has 0 aliphatic carbocycles. The lowest BCUT2D eigenvalue weighted by Crippen LogP contribution is -2.37. The molecule has 3 N–H and O–H groups in total. The first-order valence-electron chi connectivity index (χ1n) is 7.03. The third-order valence-electron chi connectivity index (χ3n) is 4.22. The first-order chi connectivity index (χ1) is 10.6. The number of nitrogen functional groups attached to an aromatic ring is 1. The summed E-state index contributed by atoms with van der Waals surface area (Å²) < 4.78 is 5.81. The number of anilines is 1. The van der Waals surface area contributed by atoms with Gasteiger partial charge in [0.15, 0.2) is 0 Å². The molecule has 1 unspecified atom stereocenters. The Labute approximate surface area is 132 Å². The van der Waals surface area contributed by atoms with E-state index in [4.69, 9.17) is 22.1 Å². The molecule has 0 saturated carbocycles. The molecule has 4 rings (SSSR count). The highest BCUT2D eigenvalue weighted by atomic mass is 35.5. The maximum Gasteiger partial charge on any atom is 0.149 e. The van der Waals surface area contributed by atoms with Crippen molar-refractivity contribution in [2.45, 2.75) is 5.60 Å². The monoisotopic (exact) mass is 311 g/mol. The van der Waals surface area contributed by atoms with E-state index in [0.717, 1.165) is 21.9 Å². The fraction of sp³-hybridized carbons (Fsp3) is 0.111. The van der Waals surface area contributed by atoms with Crippen LogP contribution in [0.2, 0.25) is 5.02 Å². The molecule has 1 aliphatic heterocycles. The Morgan fingerprint density at radius 2 is 1.86 bits per heavy atom. The summed E-state index contributed by atoms with van der Waals surface area (Å²) in [5.41, 5.74) is 6.99. The number of aliphatic hydroxyl groups is 1. The zero-order valence-electron chi connectivity index (χ0n) is 11.7. The Kier molecular flexibility index (Phi) is 2.83. The van der Waals surface area contributed by atoms with Crippen molar-refractivity contribution in [2.75, 3.05) is 12.3 Å². The fourth-order valence-corrected chi connectivity index (χ4v) is 3.40. The molecule has 3 aromatic rings. The number of halogens is 1. The van der Waals surface area contributed by atoms with E-state index >= 15 is 0 Å². The summed E-state index contributed by atoms with van der Waals surface area (Å²) in [6.45, 7) is 0.118. The third-order valence-corrected chi connectivity index (χ3v) is 4.50. The first-order valence-corrected chi connectivity index (χ1v) is 7.41. The number of hydrogen-bond donors (Lipinski definition) is 2. The number of rotatable bonds is 1.